The average molecular weight is 546 g/mol. The first-order valence-corrected chi connectivity index (χ1v) is 13.8. The summed E-state index contributed by atoms with van der Waals surface area (Å²) in [4.78, 5) is 4.78. The van der Waals surface area contributed by atoms with Crippen LogP contribution in [0.3, 0.4) is 0 Å². The van der Waals surface area contributed by atoms with E-state index in [-0.39, 0.29) is 0 Å². The van der Waals surface area contributed by atoms with Crippen LogP contribution in [0.2, 0.25) is 0 Å². The molecule has 0 saturated carbocycles. The van der Waals surface area contributed by atoms with E-state index < -0.39 is 0 Å². The van der Waals surface area contributed by atoms with Gasteiger partial charge >= 0.3 is 6.01 Å². The van der Waals surface area contributed by atoms with Gasteiger partial charge in [0.05, 0.1) is 11.8 Å². The van der Waals surface area contributed by atoms with Gasteiger partial charge in [-0.3, -0.25) is 4.98 Å². The third-order valence-corrected chi connectivity index (χ3v) is 7.05. The summed E-state index contributed by atoms with van der Waals surface area (Å²) in [5, 5.41) is 2.19. The van der Waals surface area contributed by atoms with Crippen LogP contribution in [0.25, 0.3) is 33.2 Å². The molecule has 1 aliphatic rings. The Morgan fingerprint density at radius 3 is 2.19 bits per heavy atom. The predicted molar refractivity (Wildman–Crippen MR) is 166 cm³/mol. The van der Waals surface area contributed by atoms with Crippen molar-refractivity contribution in [2.24, 2.45) is 0 Å². The van der Waals surface area contributed by atoms with Crippen molar-refractivity contribution in [1.82, 2.24) is 4.98 Å². The van der Waals surface area contributed by atoms with Crippen LogP contribution in [0.1, 0.15) is 0 Å². The van der Waals surface area contributed by atoms with E-state index in [1.54, 1.807) is 0 Å². The zero-order valence-electron chi connectivity index (χ0n) is 23.0. The Balaban J connectivity index is 1.24. The number of pyridine rings is 1. The first-order valence-electron chi connectivity index (χ1n) is 13.8. The Labute approximate surface area is 244 Å². The van der Waals surface area contributed by atoms with Crippen molar-refractivity contribution in [3.63, 3.8) is 0 Å². The molecule has 0 atom stereocenters. The van der Waals surface area contributed by atoms with Gasteiger partial charge in [-0.1, -0.05) is 69.8 Å². The molecule has 42 heavy (non-hydrogen) atoms. The molecule has 6 aromatic rings. The van der Waals surface area contributed by atoms with Crippen molar-refractivity contribution >= 4 is 22.5 Å². The molecule has 0 saturated heterocycles. The minimum atomic E-state index is 0.744. The summed E-state index contributed by atoms with van der Waals surface area (Å²) in [7, 11) is 1.95. The zero-order valence-corrected chi connectivity index (χ0v) is 23.0. The molecule has 7 rings (SSSR count). The Kier molecular flexibility index (Phi) is 6.61. The van der Waals surface area contributed by atoms with E-state index in [1.165, 1.54) is 0 Å². The van der Waals surface area contributed by atoms with Gasteiger partial charge in [0.1, 0.15) is 23.0 Å². The summed E-state index contributed by atoms with van der Waals surface area (Å²) >= 11 is 0. The Bertz CT molecular complexity index is 2040. The Hall–Kier alpha value is -5.77. The van der Waals surface area contributed by atoms with Gasteiger partial charge in [-0.2, -0.15) is 0 Å². The molecular formula is C37H27N3O2+2. The molecule has 0 amide bonds. The molecule has 0 spiro atoms. The summed E-state index contributed by atoms with van der Waals surface area (Å²) in [6.45, 7) is 0. The van der Waals surface area contributed by atoms with Gasteiger partial charge in [0.15, 0.2) is 7.05 Å². The highest BCUT2D eigenvalue weighted by molar-refractivity contribution is 5.97. The maximum Gasteiger partial charge on any atom is 0.495 e. The lowest BCUT2D eigenvalue weighted by Gasteiger charge is -2.13. The van der Waals surface area contributed by atoms with Gasteiger partial charge in [-0.05, 0) is 76.5 Å². The summed E-state index contributed by atoms with van der Waals surface area (Å²) in [6, 6.07) is 45.8. The molecule has 5 nitrogen and oxygen atoms in total. The third kappa shape index (κ3) is 5.33. The summed E-state index contributed by atoms with van der Waals surface area (Å²) < 4.78 is 16.3. The van der Waals surface area contributed by atoms with E-state index in [0.29, 0.717) is 0 Å². The quantitative estimate of drug-likeness (QED) is 0.188. The fourth-order valence-corrected chi connectivity index (χ4v) is 5.06. The largest absolute Gasteiger partial charge is 0.495 e. The van der Waals surface area contributed by atoms with Crippen LogP contribution in [0.5, 0.6) is 23.0 Å². The molecule has 5 heteroatoms. The fourth-order valence-electron chi connectivity index (χ4n) is 5.06. The highest BCUT2D eigenvalue weighted by Crippen LogP contribution is 2.36. The van der Waals surface area contributed by atoms with Gasteiger partial charge in [-0.25, -0.2) is 0 Å². The Morgan fingerprint density at radius 2 is 1.33 bits per heavy atom. The second-order valence-corrected chi connectivity index (χ2v) is 10.0. The van der Waals surface area contributed by atoms with E-state index in [9.17, 15) is 0 Å². The van der Waals surface area contributed by atoms with Crippen molar-refractivity contribution in [3.8, 4) is 45.4 Å². The second kappa shape index (κ2) is 11.0. The Morgan fingerprint density at radius 1 is 0.595 bits per heavy atom. The predicted octanol–water partition coefficient (Wildman–Crippen LogP) is 9.10. The van der Waals surface area contributed by atoms with Crippen LogP contribution < -0.4 is 9.47 Å². The van der Waals surface area contributed by atoms with E-state index in [4.69, 9.17) is 14.5 Å². The zero-order chi connectivity index (χ0) is 28.3. The van der Waals surface area contributed by atoms with Crippen LogP contribution in [-0.4, -0.2) is 27.2 Å². The molecule has 1 aliphatic heterocycles. The lowest BCUT2D eigenvalue weighted by Crippen LogP contribution is -1.94. The van der Waals surface area contributed by atoms with Crippen LogP contribution >= 0.6 is 0 Å². The molecule has 0 aliphatic carbocycles. The van der Waals surface area contributed by atoms with Gasteiger partial charge in [0, 0.05) is 17.8 Å². The van der Waals surface area contributed by atoms with Crippen molar-refractivity contribution in [3.05, 3.63) is 146 Å². The highest BCUT2D eigenvalue weighted by Gasteiger charge is 2.17. The van der Waals surface area contributed by atoms with Crippen LogP contribution in [0.4, 0.5) is 5.69 Å². The molecule has 0 bridgehead atoms. The van der Waals surface area contributed by atoms with E-state index >= 15 is 0 Å². The van der Waals surface area contributed by atoms with Crippen molar-refractivity contribution < 1.29 is 18.6 Å². The molecule has 200 valence electrons. The average Bonchev–Trinajstić information content (AvgIpc) is 3.48. The smallest absolute Gasteiger partial charge is 0.457 e. The summed E-state index contributed by atoms with van der Waals surface area (Å²) in [5.74, 6) is 3.08. The molecule has 1 aromatic heterocycles. The number of para-hydroxylation sites is 1. The monoisotopic (exact) mass is 545 g/mol. The molecule has 0 fully saturated rings. The number of hydrogen-bond acceptors (Lipinski definition) is 3. The van der Waals surface area contributed by atoms with Gasteiger partial charge in [-0.15, -0.1) is 0 Å². The molecule has 5 aromatic carbocycles. The normalized spacial score (nSPS) is 12.2. The van der Waals surface area contributed by atoms with Crippen molar-refractivity contribution in [2.45, 2.75) is 0 Å². The number of hydrogen-bond donors (Lipinski definition) is 0. The molecule has 0 N–H and O–H groups in total. The maximum absolute atomic E-state index is 6.43. The summed E-state index contributed by atoms with van der Waals surface area (Å²) in [6.07, 6.45) is 5.78. The van der Waals surface area contributed by atoms with Gasteiger partial charge in [0.25, 0.3) is 6.20 Å². The SMILES string of the molecule is C[N+]1=C=[N+](c2cccc(Oc3cc(-c4cc(-c5cccc(Oc6ccccc6)c5)ccn4)c4ccccc4c3)c2)C=C1. The number of aromatic nitrogens is 1. The minimum absolute atomic E-state index is 0.744. The lowest BCUT2D eigenvalue weighted by atomic mass is 9.98. The van der Waals surface area contributed by atoms with Gasteiger partial charge < -0.3 is 9.47 Å². The highest BCUT2D eigenvalue weighted by atomic mass is 16.5. The summed E-state index contributed by atoms with van der Waals surface area (Å²) in [5.41, 5.74) is 4.95. The number of benzene rings is 5. The van der Waals surface area contributed by atoms with Crippen LogP contribution in [0, 0.1) is 0 Å². The first kappa shape index (κ1) is 25.2. The second-order valence-electron chi connectivity index (χ2n) is 10.0. The molecule has 0 radical (unpaired) electrons. The van der Waals surface area contributed by atoms with E-state index in [2.05, 4.69) is 54.5 Å². The molecule has 0 unspecified atom stereocenters. The van der Waals surface area contributed by atoms with E-state index in [0.717, 1.165) is 61.8 Å². The van der Waals surface area contributed by atoms with Gasteiger partial charge in [0.2, 0.25) is 11.9 Å². The number of ether oxygens (including phenoxy) is 2. The molecule has 2 heterocycles. The van der Waals surface area contributed by atoms with E-state index in [1.807, 2.05) is 114 Å². The standard InChI is InChI=1S/C37H27N3O2/c1-39-19-20-40(26-39)30-11-8-15-33(24-30)42-34-22-29-9-5-6-16-35(29)36(25-34)37-23-28(17-18-38-37)27-10-7-14-32(21-27)41-31-12-3-2-4-13-31/h2-25H,1H3/q+2. The number of rotatable bonds is 7. The van der Waals surface area contributed by atoms with Crippen LogP contribution in [0.15, 0.2) is 146 Å². The minimum Gasteiger partial charge on any atom is -0.457 e. The maximum atomic E-state index is 6.43. The van der Waals surface area contributed by atoms with Crippen molar-refractivity contribution in [2.75, 3.05) is 7.05 Å². The number of fused-ring (bicyclic) bond motifs is 1. The number of nitrogens with zero attached hydrogens (tertiary/aromatic N) is 3. The van der Waals surface area contributed by atoms with Crippen molar-refractivity contribution in [1.29, 1.82) is 0 Å². The first-order chi connectivity index (χ1) is 20.7. The molecular weight excluding hydrogens is 518 g/mol. The third-order valence-electron chi connectivity index (χ3n) is 7.05. The lowest BCUT2D eigenvalue weighted by molar-refractivity contribution is -0.429. The fraction of sp³-hybridized carbons (Fsp3) is 0.0270. The topological polar surface area (TPSA) is 37.4 Å². The van der Waals surface area contributed by atoms with Crippen LogP contribution in [-0.2, 0) is 0 Å².